The molecule has 0 N–H and O–H groups in total. The number of halogens is 2. The molecule has 1 atom stereocenters. The maximum atomic E-state index is 2.54. The Hall–Kier alpha value is 0.940. The van der Waals surface area contributed by atoms with E-state index >= 15 is 0 Å². The molecule has 0 aromatic rings. The highest BCUT2D eigenvalue weighted by atomic mass is 127. The highest BCUT2D eigenvalue weighted by Gasteiger charge is 2.17. The Balaban J connectivity index is 2.90. The lowest BCUT2D eigenvalue weighted by molar-refractivity contribution is 0.877. The van der Waals surface area contributed by atoms with Gasteiger partial charge >= 0.3 is 0 Å². The van der Waals surface area contributed by atoms with E-state index in [-0.39, 0.29) is 0 Å². The van der Waals surface area contributed by atoms with Gasteiger partial charge in [0.05, 0.1) is 0 Å². The molecule has 0 aliphatic heterocycles. The lowest BCUT2D eigenvalue weighted by Crippen LogP contribution is -2.06. The largest absolute Gasteiger partial charge is 0.0766 e. The van der Waals surface area contributed by atoms with Crippen LogP contribution in [0.25, 0.3) is 0 Å². The van der Waals surface area contributed by atoms with Gasteiger partial charge in [0, 0.05) is 7.50 Å². The Bertz CT molecular complexity index is 226. The van der Waals surface area contributed by atoms with Gasteiger partial charge in [0.15, 0.2) is 0 Å². The first-order valence-electron chi connectivity index (χ1n) is 4.41. The van der Waals surface area contributed by atoms with Crippen LogP contribution in [0.2, 0.25) is 0 Å². The standard InChI is InChI=1S/C10H14I2/c1-3-7-5-9(11)10(12)6-8(7)4-2/h5,10H,3-4,6H2,1-2H3. The topological polar surface area (TPSA) is 0 Å². The minimum Gasteiger partial charge on any atom is -0.0766 e. The maximum Gasteiger partial charge on any atom is 0.0454 e. The van der Waals surface area contributed by atoms with E-state index in [2.05, 4.69) is 65.1 Å². The fourth-order valence-electron chi connectivity index (χ4n) is 1.53. The second-order valence-corrected chi connectivity index (χ2v) is 5.79. The van der Waals surface area contributed by atoms with E-state index in [1.54, 1.807) is 11.1 Å². The van der Waals surface area contributed by atoms with Crippen LogP contribution >= 0.6 is 45.2 Å². The predicted molar refractivity (Wildman–Crippen MR) is 72.1 cm³/mol. The minimum atomic E-state index is 0.730. The lowest BCUT2D eigenvalue weighted by atomic mass is 9.94. The number of rotatable bonds is 2. The molecule has 1 aliphatic carbocycles. The fraction of sp³-hybridized carbons (Fsp3) is 0.600. The number of allylic oxidation sites excluding steroid dienone is 4. The molecule has 12 heavy (non-hydrogen) atoms. The molecule has 0 fully saturated rings. The molecule has 0 nitrogen and oxygen atoms in total. The molecular weight excluding hydrogens is 374 g/mol. The van der Waals surface area contributed by atoms with Crippen LogP contribution in [-0.2, 0) is 0 Å². The van der Waals surface area contributed by atoms with Crippen molar-refractivity contribution in [2.45, 2.75) is 37.0 Å². The highest BCUT2D eigenvalue weighted by Crippen LogP contribution is 2.35. The number of hydrogen-bond donors (Lipinski definition) is 0. The van der Waals surface area contributed by atoms with Crippen LogP contribution in [0.15, 0.2) is 20.8 Å². The zero-order valence-electron chi connectivity index (χ0n) is 7.53. The molecule has 0 saturated carbocycles. The summed E-state index contributed by atoms with van der Waals surface area (Å²) in [6.07, 6.45) is 6.07. The van der Waals surface area contributed by atoms with Gasteiger partial charge in [-0.15, -0.1) is 0 Å². The molecule has 0 saturated heterocycles. The summed E-state index contributed by atoms with van der Waals surface area (Å²) >= 11 is 5.00. The molecule has 2 heteroatoms. The second kappa shape index (κ2) is 4.98. The van der Waals surface area contributed by atoms with Crippen molar-refractivity contribution in [3.05, 3.63) is 20.8 Å². The lowest BCUT2D eigenvalue weighted by Gasteiger charge is -2.20. The molecule has 0 bridgehead atoms. The van der Waals surface area contributed by atoms with Crippen molar-refractivity contribution in [1.82, 2.24) is 0 Å². The number of alkyl halides is 1. The van der Waals surface area contributed by atoms with E-state index in [9.17, 15) is 0 Å². The van der Waals surface area contributed by atoms with Crippen molar-refractivity contribution >= 4 is 45.2 Å². The van der Waals surface area contributed by atoms with E-state index in [0.29, 0.717) is 0 Å². The highest BCUT2D eigenvalue weighted by molar-refractivity contribution is 14.1. The van der Waals surface area contributed by atoms with Gasteiger partial charge in [-0.25, -0.2) is 0 Å². The third-order valence-electron chi connectivity index (χ3n) is 2.30. The molecule has 0 spiro atoms. The molecule has 0 heterocycles. The van der Waals surface area contributed by atoms with E-state index in [1.165, 1.54) is 22.8 Å². The minimum absolute atomic E-state index is 0.730. The molecule has 0 aromatic heterocycles. The Labute approximate surface area is 102 Å². The maximum absolute atomic E-state index is 2.54. The fourth-order valence-corrected chi connectivity index (χ4v) is 2.83. The molecule has 0 amide bonds. The third kappa shape index (κ3) is 2.47. The summed E-state index contributed by atoms with van der Waals surface area (Å²) < 4.78 is 2.25. The average Bonchev–Trinajstić information content (AvgIpc) is 2.09. The third-order valence-corrected chi connectivity index (χ3v) is 5.67. The Morgan fingerprint density at radius 1 is 1.42 bits per heavy atom. The van der Waals surface area contributed by atoms with Crippen LogP contribution < -0.4 is 0 Å². The van der Waals surface area contributed by atoms with Gasteiger partial charge in [0.2, 0.25) is 0 Å². The van der Waals surface area contributed by atoms with Crippen LogP contribution in [0.4, 0.5) is 0 Å². The molecule has 1 aliphatic rings. The van der Waals surface area contributed by atoms with Crippen LogP contribution in [0.3, 0.4) is 0 Å². The average molecular weight is 388 g/mol. The van der Waals surface area contributed by atoms with Crippen LogP contribution in [0, 0.1) is 0 Å². The SMILES string of the molecule is CCC1=C(CC)CC(I)C(I)=C1. The molecular formula is C10H14I2. The van der Waals surface area contributed by atoms with E-state index in [4.69, 9.17) is 0 Å². The first kappa shape index (κ1) is 11.0. The van der Waals surface area contributed by atoms with E-state index < -0.39 is 0 Å². The molecule has 1 unspecified atom stereocenters. The first-order chi connectivity index (χ1) is 5.69. The summed E-state index contributed by atoms with van der Waals surface area (Å²) in [7, 11) is 0. The van der Waals surface area contributed by atoms with Crippen molar-refractivity contribution in [2.24, 2.45) is 0 Å². The summed E-state index contributed by atoms with van der Waals surface area (Å²) in [5, 5.41) is 0. The molecule has 0 radical (unpaired) electrons. The summed E-state index contributed by atoms with van der Waals surface area (Å²) in [6, 6.07) is 0. The Kier molecular flexibility index (Phi) is 4.57. The van der Waals surface area contributed by atoms with Gasteiger partial charge in [-0.05, 0) is 53.5 Å². The van der Waals surface area contributed by atoms with Gasteiger partial charge in [-0.1, -0.05) is 42.0 Å². The smallest absolute Gasteiger partial charge is 0.0454 e. The predicted octanol–water partition coefficient (Wildman–Crippen LogP) is 4.63. The van der Waals surface area contributed by atoms with Gasteiger partial charge in [-0.3, -0.25) is 0 Å². The summed E-state index contributed by atoms with van der Waals surface area (Å²) in [5.41, 5.74) is 3.24. The summed E-state index contributed by atoms with van der Waals surface area (Å²) in [6.45, 7) is 4.51. The monoisotopic (exact) mass is 388 g/mol. The van der Waals surface area contributed by atoms with Crippen LogP contribution in [-0.4, -0.2) is 3.92 Å². The van der Waals surface area contributed by atoms with Gasteiger partial charge in [-0.2, -0.15) is 0 Å². The van der Waals surface area contributed by atoms with E-state index in [1.807, 2.05) is 0 Å². The second-order valence-electron chi connectivity index (χ2n) is 3.04. The van der Waals surface area contributed by atoms with Crippen LogP contribution in [0.5, 0.6) is 0 Å². The van der Waals surface area contributed by atoms with Crippen molar-refractivity contribution in [2.75, 3.05) is 0 Å². The van der Waals surface area contributed by atoms with Crippen molar-refractivity contribution < 1.29 is 0 Å². The zero-order valence-corrected chi connectivity index (χ0v) is 11.8. The molecule has 0 aromatic carbocycles. The van der Waals surface area contributed by atoms with Gasteiger partial charge in [0.1, 0.15) is 0 Å². The zero-order chi connectivity index (χ0) is 9.14. The first-order valence-corrected chi connectivity index (χ1v) is 6.73. The Morgan fingerprint density at radius 3 is 2.58 bits per heavy atom. The van der Waals surface area contributed by atoms with Crippen molar-refractivity contribution in [3.63, 3.8) is 0 Å². The van der Waals surface area contributed by atoms with Crippen molar-refractivity contribution in [3.8, 4) is 0 Å². The van der Waals surface area contributed by atoms with Gasteiger partial charge < -0.3 is 0 Å². The summed E-state index contributed by atoms with van der Waals surface area (Å²) in [4.78, 5) is 0. The quantitative estimate of drug-likeness (QED) is 0.478. The van der Waals surface area contributed by atoms with E-state index in [0.717, 1.165) is 3.92 Å². The Morgan fingerprint density at radius 2 is 2.08 bits per heavy atom. The normalized spacial score (nSPS) is 24.3. The molecule has 68 valence electrons. The summed E-state index contributed by atoms with van der Waals surface area (Å²) in [5.74, 6) is 0. The molecule has 1 rings (SSSR count). The van der Waals surface area contributed by atoms with Crippen molar-refractivity contribution in [1.29, 1.82) is 0 Å². The number of hydrogen-bond acceptors (Lipinski definition) is 0. The van der Waals surface area contributed by atoms with Gasteiger partial charge in [0.25, 0.3) is 0 Å². The van der Waals surface area contributed by atoms with Crippen LogP contribution in [0.1, 0.15) is 33.1 Å².